The molecule has 1 unspecified atom stereocenters. The summed E-state index contributed by atoms with van der Waals surface area (Å²) in [5.74, 6) is 0.976. The summed E-state index contributed by atoms with van der Waals surface area (Å²) in [7, 11) is 0. The maximum atomic E-state index is 12.6. The van der Waals surface area contributed by atoms with Crippen LogP contribution in [0.4, 0.5) is 0 Å². The summed E-state index contributed by atoms with van der Waals surface area (Å²) in [5.41, 5.74) is 1.04. The summed E-state index contributed by atoms with van der Waals surface area (Å²) in [5, 5.41) is 3.13. The Balaban J connectivity index is 1.58. The zero-order chi connectivity index (χ0) is 16.1. The van der Waals surface area contributed by atoms with Crippen LogP contribution in [0.2, 0.25) is 0 Å². The van der Waals surface area contributed by atoms with Gasteiger partial charge in [-0.05, 0) is 38.3 Å². The van der Waals surface area contributed by atoms with E-state index in [1.54, 1.807) is 11.3 Å². The summed E-state index contributed by atoms with van der Waals surface area (Å²) in [4.78, 5) is 19.2. The fourth-order valence-electron chi connectivity index (χ4n) is 2.93. The molecule has 5 heteroatoms. The van der Waals surface area contributed by atoms with Crippen molar-refractivity contribution in [3.63, 3.8) is 0 Å². The monoisotopic (exact) mass is 330 g/mol. The van der Waals surface area contributed by atoms with Crippen molar-refractivity contribution < 1.29 is 9.53 Å². The van der Waals surface area contributed by atoms with Crippen molar-refractivity contribution in [1.82, 2.24) is 9.88 Å². The molecule has 23 heavy (non-hydrogen) atoms. The number of carbonyl (C=O) groups excluding carboxylic acids is 1. The fourth-order valence-corrected chi connectivity index (χ4v) is 3.87. The Labute approximate surface area is 141 Å². The van der Waals surface area contributed by atoms with Crippen LogP contribution in [-0.4, -0.2) is 28.9 Å². The highest BCUT2D eigenvalue weighted by Crippen LogP contribution is 2.33. The third kappa shape index (κ3) is 4.10. The molecular formula is C18H22N2O2S. The molecule has 1 atom stereocenters. The van der Waals surface area contributed by atoms with Crippen LogP contribution in [-0.2, 0) is 4.79 Å². The van der Waals surface area contributed by atoms with Gasteiger partial charge in [0.1, 0.15) is 10.8 Å². The number of piperidine rings is 1. The average molecular weight is 330 g/mol. The van der Waals surface area contributed by atoms with Gasteiger partial charge in [-0.2, -0.15) is 0 Å². The lowest BCUT2D eigenvalue weighted by molar-refractivity contribution is -0.135. The molecule has 0 bridgehead atoms. The predicted octanol–water partition coefficient (Wildman–Crippen LogP) is 3.97. The van der Waals surface area contributed by atoms with E-state index in [9.17, 15) is 4.79 Å². The quantitative estimate of drug-likeness (QED) is 0.833. The second-order valence-electron chi connectivity index (χ2n) is 5.84. The van der Waals surface area contributed by atoms with Crippen molar-refractivity contribution in [2.24, 2.45) is 0 Å². The molecule has 1 aromatic carbocycles. The molecule has 0 saturated carbocycles. The number of para-hydroxylation sites is 1. The highest BCUT2D eigenvalue weighted by atomic mass is 32.1. The van der Waals surface area contributed by atoms with E-state index in [-0.39, 0.29) is 11.9 Å². The van der Waals surface area contributed by atoms with E-state index in [1.165, 1.54) is 0 Å². The topological polar surface area (TPSA) is 42.4 Å². The van der Waals surface area contributed by atoms with E-state index in [1.807, 2.05) is 42.2 Å². The minimum absolute atomic E-state index is 0.145. The molecule has 0 aliphatic carbocycles. The van der Waals surface area contributed by atoms with E-state index in [2.05, 4.69) is 10.4 Å². The first kappa shape index (κ1) is 16.0. The molecule has 0 N–H and O–H groups in total. The maximum absolute atomic E-state index is 12.6. The molecule has 2 heterocycles. The van der Waals surface area contributed by atoms with Crippen molar-refractivity contribution in [3.05, 3.63) is 46.4 Å². The van der Waals surface area contributed by atoms with E-state index < -0.39 is 0 Å². The molecule has 1 fully saturated rings. The van der Waals surface area contributed by atoms with Crippen LogP contribution in [0, 0.1) is 6.92 Å². The number of rotatable bonds is 5. The first-order chi connectivity index (χ1) is 11.2. The fraction of sp³-hybridized carbons (Fsp3) is 0.444. The number of hydrogen-bond donors (Lipinski definition) is 0. The Morgan fingerprint density at radius 1 is 1.35 bits per heavy atom. The lowest BCUT2D eigenvalue weighted by Crippen LogP contribution is -2.39. The normalized spacial score (nSPS) is 18.0. The Morgan fingerprint density at radius 3 is 2.91 bits per heavy atom. The molecule has 4 nitrogen and oxygen atoms in total. The number of nitrogens with zero attached hydrogens (tertiary/aromatic N) is 2. The summed E-state index contributed by atoms with van der Waals surface area (Å²) >= 11 is 1.66. The third-order valence-corrected chi connectivity index (χ3v) is 5.14. The molecule has 1 aromatic heterocycles. The lowest BCUT2D eigenvalue weighted by atomic mass is 10.0. The van der Waals surface area contributed by atoms with Gasteiger partial charge < -0.3 is 9.64 Å². The van der Waals surface area contributed by atoms with Gasteiger partial charge in [0.05, 0.1) is 19.1 Å². The van der Waals surface area contributed by atoms with Crippen molar-refractivity contribution in [2.45, 2.75) is 38.6 Å². The zero-order valence-corrected chi connectivity index (χ0v) is 14.2. The van der Waals surface area contributed by atoms with E-state index in [0.717, 1.165) is 42.3 Å². The molecule has 0 spiro atoms. The molecular weight excluding hydrogens is 308 g/mol. The van der Waals surface area contributed by atoms with Gasteiger partial charge in [0.25, 0.3) is 0 Å². The second-order valence-corrected chi connectivity index (χ2v) is 6.73. The van der Waals surface area contributed by atoms with Crippen LogP contribution in [0.1, 0.15) is 42.4 Å². The van der Waals surface area contributed by atoms with Crippen LogP contribution in [0.3, 0.4) is 0 Å². The van der Waals surface area contributed by atoms with Crippen molar-refractivity contribution in [2.75, 3.05) is 13.2 Å². The predicted molar refractivity (Wildman–Crippen MR) is 91.7 cm³/mol. The number of hydrogen-bond acceptors (Lipinski definition) is 4. The maximum Gasteiger partial charge on any atom is 0.226 e. The Hall–Kier alpha value is -1.88. The van der Waals surface area contributed by atoms with Gasteiger partial charge >= 0.3 is 0 Å². The number of amides is 1. The van der Waals surface area contributed by atoms with Crippen molar-refractivity contribution >= 4 is 17.2 Å². The van der Waals surface area contributed by atoms with Gasteiger partial charge in [0.2, 0.25) is 5.91 Å². The number of benzene rings is 1. The number of likely N-dealkylation sites (tertiary alicyclic amines) is 1. The third-order valence-electron chi connectivity index (χ3n) is 4.07. The molecule has 0 radical (unpaired) electrons. The minimum Gasteiger partial charge on any atom is -0.493 e. The van der Waals surface area contributed by atoms with Crippen LogP contribution >= 0.6 is 11.3 Å². The molecule has 1 saturated heterocycles. The van der Waals surface area contributed by atoms with Gasteiger partial charge in [0, 0.05) is 17.6 Å². The number of ether oxygens (including phenoxy) is 1. The number of carbonyl (C=O) groups is 1. The molecule has 3 rings (SSSR count). The number of aromatic nitrogens is 1. The van der Waals surface area contributed by atoms with Gasteiger partial charge in [-0.3, -0.25) is 4.79 Å². The summed E-state index contributed by atoms with van der Waals surface area (Å²) < 4.78 is 5.65. The number of aryl methyl sites for hydroxylation is 1. The Bertz CT molecular complexity index is 641. The van der Waals surface area contributed by atoms with Crippen molar-refractivity contribution in [3.8, 4) is 5.75 Å². The van der Waals surface area contributed by atoms with E-state index >= 15 is 0 Å². The van der Waals surface area contributed by atoms with Crippen LogP contribution in [0.15, 0.2) is 35.7 Å². The van der Waals surface area contributed by atoms with Crippen LogP contribution < -0.4 is 4.74 Å². The largest absolute Gasteiger partial charge is 0.493 e. The zero-order valence-electron chi connectivity index (χ0n) is 13.4. The van der Waals surface area contributed by atoms with Gasteiger partial charge in [0.15, 0.2) is 0 Å². The lowest BCUT2D eigenvalue weighted by Gasteiger charge is -2.34. The van der Waals surface area contributed by atoms with Gasteiger partial charge in [-0.1, -0.05) is 18.2 Å². The Kier molecular flexibility index (Phi) is 5.28. The summed E-state index contributed by atoms with van der Waals surface area (Å²) in [6.45, 7) is 3.25. The van der Waals surface area contributed by atoms with Crippen molar-refractivity contribution in [1.29, 1.82) is 0 Å². The average Bonchev–Trinajstić information content (AvgIpc) is 3.02. The summed E-state index contributed by atoms with van der Waals surface area (Å²) in [6, 6.07) is 9.78. The minimum atomic E-state index is 0.145. The van der Waals surface area contributed by atoms with Crippen LogP contribution in [0.5, 0.6) is 5.75 Å². The standard InChI is InChI=1S/C18H22N2O2S/c1-14-13-23-18(19-14)16-9-5-6-11-20(16)17(21)10-12-22-15-7-3-2-4-8-15/h2-4,7-8,13,16H,5-6,9-12H2,1H3. The first-order valence-electron chi connectivity index (χ1n) is 8.13. The van der Waals surface area contributed by atoms with E-state index in [4.69, 9.17) is 4.74 Å². The first-order valence-corrected chi connectivity index (χ1v) is 9.01. The van der Waals surface area contributed by atoms with E-state index in [0.29, 0.717) is 13.0 Å². The van der Waals surface area contributed by atoms with Crippen LogP contribution in [0.25, 0.3) is 0 Å². The van der Waals surface area contributed by atoms with Gasteiger partial charge in [-0.25, -0.2) is 4.98 Å². The second kappa shape index (κ2) is 7.59. The van der Waals surface area contributed by atoms with Gasteiger partial charge in [-0.15, -0.1) is 11.3 Å². The SMILES string of the molecule is Cc1csc(C2CCCCN2C(=O)CCOc2ccccc2)n1. The number of thiazole rings is 1. The Morgan fingerprint density at radius 2 is 2.17 bits per heavy atom. The smallest absolute Gasteiger partial charge is 0.226 e. The molecule has 2 aromatic rings. The molecule has 122 valence electrons. The summed E-state index contributed by atoms with van der Waals surface area (Å²) in [6.07, 6.45) is 3.66. The highest BCUT2D eigenvalue weighted by Gasteiger charge is 2.29. The highest BCUT2D eigenvalue weighted by molar-refractivity contribution is 7.09. The molecule has 1 aliphatic heterocycles. The molecule has 1 amide bonds. The molecule has 1 aliphatic rings.